The van der Waals surface area contributed by atoms with Crippen molar-refractivity contribution in [3.05, 3.63) is 12.4 Å². The second-order valence-electron chi connectivity index (χ2n) is 4.83. The lowest BCUT2D eigenvalue weighted by atomic mass is 9.97. The fourth-order valence-corrected chi connectivity index (χ4v) is 2.58. The van der Waals surface area contributed by atoms with Gasteiger partial charge in [-0.3, -0.25) is 4.98 Å². The van der Waals surface area contributed by atoms with E-state index in [-0.39, 0.29) is 0 Å². The predicted molar refractivity (Wildman–Crippen MR) is 72.6 cm³/mol. The molecule has 5 heteroatoms. The summed E-state index contributed by atoms with van der Waals surface area (Å²) >= 11 is 0. The van der Waals surface area contributed by atoms with Crippen molar-refractivity contribution in [3.8, 4) is 0 Å². The zero-order chi connectivity index (χ0) is 12.8. The summed E-state index contributed by atoms with van der Waals surface area (Å²) in [4.78, 5) is 8.58. The summed E-state index contributed by atoms with van der Waals surface area (Å²) in [5.41, 5.74) is 0. The summed E-state index contributed by atoms with van der Waals surface area (Å²) in [6.07, 6.45) is 7.02. The zero-order valence-corrected chi connectivity index (χ0v) is 10.9. The Kier molecular flexibility index (Phi) is 4.75. The van der Waals surface area contributed by atoms with Gasteiger partial charge in [-0.15, -0.1) is 0 Å². The average molecular weight is 250 g/mol. The molecule has 18 heavy (non-hydrogen) atoms. The van der Waals surface area contributed by atoms with Crippen LogP contribution in [0.2, 0.25) is 0 Å². The fraction of sp³-hybridized carbons (Fsp3) is 0.692. The van der Waals surface area contributed by atoms with E-state index in [1.54, 1.807) is 12.4 Å². The molecular weight excluding hydrogens is 228 g/mol. The van der Waals surface area contributed by atoms with Crippen molar-refractivity contribution in [2.75, 3.05) is 30.3 Å². The highest BCUT2D eigenvalue weighted by molar-refractivity contribution is 5.41. The molecule has 1 aliphatic rings. The Balaban J connectivity index is 1.87. The highest BCUT2D eigenvalue weighted by atomic mass is 16.3. The molecule has 1 fully saturated rings. The van der Waals surface area contributed by atoms with Crippen molar-refractivity contribution in [2.45, 2.75) is 26.2 Å². The van der Waals surface area contributed by atoms with Crippen molar-refractivity contribution < 1.29 is 5.11 Å². The summed E-state index contributed by atoms with van der Waals surface area (Å²) in [5.74, 6) is 2.60. The third-order valence-corrected chi connectivity index (χ3v) is 3.59. The molecule has 0 amide bonds. The first-order chi connectivity index (χ1) is 8.83. The summed E-state index contributed by atoms with van der Waals surface area (Å²) in [5, 5.41) is 15.7. The van der Waals surface area contributed by atoms with E-state index in [1.165, 1.54) is 12.8 Å². The molecule has 5 nitrogen and oxygen atoms in total. The van der Waals surface area contributed by atoms with Gasteiger partial charge in [0.1, 0.15) is 11.6 Å². The second-order valence-corrected chi connectivity index (χ2v) is 4.83. The monoisotopic (exact) mass is 250 g/mol. The van der Waals surface area contributed by atoms with Crippen molar-refractivity contribution in [1.29, 1.82) is 0 Å². The molecule has 0 aliphatic heterocycles. The van der Waals surface area contributed by atoms with Gasteiger partial charge < -0.3 is 15.7 Å². The van der Waals surface area contributed by atoms with Gasteiger partial charge in [-0.1, -0.05) is 6.42 Å². The molecule has 1 heterocycles. The maximum absolute atomic E-state index is 9.28. The van der Waals surface area contributed by atoms with E-state index >= 15 is 0 Å². The number of rotatable bonds is 6. The van der Waals surface area contributed by atoms with E-state index in [0.29, 0.717) is 18.4 Å². The lowest BCUT2D eigenvalue weighted by Gasteiger charge is -2.18. The molecule has 100 valence electrons. The Labute approximate surface area is 108 Å². The minimum absolute atomic E-state index is 0.301. The third-order valence-electron chi connectivity index (χ3n) is 3.59. The normalized spacial score (nSPS) is 23.0. The minimum Gasteiger partial charge on any atom is -0.396 e. The lowest BCUT2D eigenvalue weighted by Crippen LogP contribution is -2.21. The highest BCUT2D eigenvalue weighted by Crippen LogP contribution is 2.31. The molecule has 3 N–H and O–H groups in total. The van der Waals surface area contributed by atoms with Crippen LogP contribution in [-0.4, -0.2) is 34.8 Å². The standard InChI is InChI=1S/C13H22N4O/c1-2-15-12-7-14-8-13(17-12)16-6-10-4-3-5-11(10)9-18/h7-8,10-11,18H,2-6,9H2,1H3,(H2,15,16,17). The number of aliphatic hydroxyl groups excluding tert-OH is 1. The molecule has 1 aromatic heterocycles. The molecular formula is C13H22N4O. The molecule has 0 aromatic carbocycles. The van der Waals surface area contributed by atoms with Crippen molar-refractivity contribution in [2.24, 2.45) is 11.8 Å². The minimum atomic E-state index is 0.301. The molecule has 0 bridgehead atoms. The molecule has 2 rings (SSSR count). The zero-order valence-electron chi connectivity index (χ0n) is 10.9. The number of anilines is 2. The SMILES string of the molecule is CCNc1cncc(NCC2CCCC2CO)n1. The van der Waals surface area contributed by atoms with E-state index in [4.69, 9.17) is 0 Å². The number of hydrogen-bond acceptors (Lipinski definition) is 5. The topological polar surface area (TPSA) is 70.1 Å². The number of aliphatic hydroxyl groups is 1. The van der Waals surface area contributed by atoms with E-state index in [2.05, 4.69) is 20.6 Å². The number of aromatic nitrogens is 2. The first-order valence-electron chi connectivity index (χ1n) is 6.74. The van der Waals surface area contributed by atoms with E-state index in [1.807, 2.05) is 6.92 Å². The molecule has 1 aliphatic carbocycles. The second kappa shape index (κ2) is 6.54. The van der Waals surface area contributed by atoms with Crippen LogP contribution in [0, 0.1) is 11.8 Å². The summed E-state index contributed by atoms with van der Waals surface area (Å²) in [6, 6.07) is 0. The van der Waals surface area contributed by atoms with Crippen LogP contribution in [0.15, 0.2) is 12.4 Å². The highest BCUT2D eigenvalue weighted by Gasteiger charge is 2.26. The first-order valence-corrected chi connectivity index (χ1v) is 6.74. The average Bonchev–Trinajstić information content (AvgIpc) is 2.84. The molecule has 0 spiro atoms. The maximum atomic E-state index is 9.28. The van der Waals surface area contributed by atoms with Gasteiger partial charge in [-0.25, -0.2) is 4.98 Å². The smallest absolute Gasteiger partial charge is 0.146 e. The quantitative estimate of drug-likeness (QED) is 0.717. The first kappa shape index (κ1) is 13.1. The van der Waals surface area contributed by atoms with E-state index < -0.39 is 0 Å². The van der Waals surface area contributed by atoms with Crippen LogP contribution in [0.5, 0.6) is 0 Å². The van der Waals surface area contributed by atoms with Gasteiger partial charge in [0.25, 0.3) is 0 Å². The van der Waals surface area contributed by atoms with Crippen LogP contribution in [0.4, 0.5) is 11.6 Å². The fourth-order valence-electron chi connectivity index (χ4n) is 2.58. The maximum Gasteiger partial charge on any atom is 0.146 e. The number of hydrogen-bond donors (Lipinski definition) is 3. The molecule has 1 saturated carbocycles. The summed E-state index contributed by atoms with van der Waals surface area (Å²) in [7, 11) is 0. The van der Waals surface area contributed by atoms with Crippen molar-refractivity contribution in [3.63, 3.8) is 0 Å². The molecule has 0 radical (unpaired) electrons. The predicted octanol–water partition coefficient (Wildman–Crippen LogP) is 1.73. The summed E-state index contributed by atoms with van der Waals surface area (Å²) in [6.45, 7) is 4.05. The van der Waals surface area contributed by atoms with Gasteiger partial charge in [0, 0.05) is 19.7 Å². The third kappa shape index (κ3) is 3.32. The van der Waals surface area contributed by atoms with Gasteiger partial charge in [-0.05, 0) is 31.6 Å². The Morgan fingerprint density at radius 3 is 2.67 bits per heavy atom. The Morgan fingerprint density at radius 1 is 1.22 bits per heavy atom. The van der Waals surface area contributed by atoms with Crippen LogP contribution in [-0.2, 0) is 0 Å². The molecule has 0 saturated heterocycles. The molecule has 2 unspecified atom stereocenters. The van der Waals surface area contributed by atoms with Gasteiger partial charge in [-0.2, -0.15) is 0 Å². The largest absolute Gasteiger partial charge is 0.396 e. The number of nitrogens with zero attached hydrogens (tertiary/aromatic N) is 2. The van der Waals surface area contributed by atoms with Gasteiger partial charge in [0.15, 0.2) is 0 Å². The van der Waals surface area contributed by atoms with E-state index in [0.717, 1.165) is 31.1 Å². The van der Waals surface area contributed by atoms with Gasteiger partial charge >= 0.3 is 0 Å². The summed E-state index contributed by atoms with van der Waals surface area (Å²) < 4.78 is 0. The van der Waals surface area contributed by atoms with Gasteiger partial charge in [0.05, 0.1) is 12.4 Å². The Bertz CT molecular complexity index is 372. The van der Waals surface area contributed by atoms with Crippen molar-refractivity contribution >= 4 is 11.6 Å². The van der Waals surface area contributed by atoms with Crippen LogP contribution in [0.3, 0.4) is 0 Å². The Morgan fingerprint density at radius 2 is 1.94 bits per heavy atom. The van der Waals surface area contributed by atoms with Crippen molar-refractivity contribution in [1.82, 2.24) is 9.97 Å². The Hall–Kier alpha value is -1.36. The molecule has 2 atom stereocenters. The molecule has 1 aromatic rings. The van der Waals surface area contributed by atoms with Crippen LogP contribution in [0.25, 0.3) is 0 Å². The van der Waals surface area contributed by atoms with E-state index in [9.17, 15) is 5.11 Å². The lowest BCUT2D eigenvalue weighted by molar-refractivity contribution is 0.199. The van der Waals surface area contributed by atoms with Crippen LogP contribution < -0.4 is 10.6 Å². The van der Waals surface area contributed by atoms with Crippen LogP contribution in [0.1, 0.15) is 26.2 Å². The number of nitrogens with one attached hydrogen (secondary N) is 2. The van der Waals surface area contributed by atoms with Crippen LogP contribution >= 0.6 is 0 Å². The van der Waals surface area contributed by atoms with Gasteiger partial charge in [0.2, 0.25) is 0 Å².